The highest BCUT2D eigenvalue weighted by molar-refractivity contribution is 5.96. The summed E-state index contributed by atoms with van der Waals surface area (Å²) in [5, 5.41) is 3.01. The van der Waals surface area contributed by atoms with Crippen LogP contribution in [0.25, 0.3) is 0 Å². The van der Waals surface area contributed by atoms with Gasteiger partial charge >= 0.3 is 0 Å². The summed E-state index contributed by atoms with van der Waals surface area (Å²) in [4.78, 5) is 14.7. The van der Waals surface area contributed by atoms with E-state index < -0.39 is 0 Å². The second-order valence-electron chi connectivity index (χ2n) is 6.21. The van der Waals surface area contributed by atoms with E-state index in [0.29, 0.717) is 23.8 Å². The number of para-hydroxylation sites is 1. The molecule has 23 heavy (non-hydrogen) atoms. The second kappa shape index (κ2) is 6.32. The summed E-state index contributed by atoms with van der Waals surface area (Å²) in [6.45, 7) is 5.58. The zero-order valence-corrected chi connectivity index (χ0v) is 13.7. The van der Waals surface area contributed by atoms with Gasteiger partial charge in [-0.1, -0.05) is 24.3 Å². The fraction of sp³-hybridized carbons (Fsp3) is 0.316. The number of aryl methyl sites for hydroxylation is 1. The van der Waals surface area contributed by atoms with E-state index in [1.54, 1.807) is 6.07 Å². The molecule has 1 aliphatic rings. The largest absolute Gasteiger partial charge is 0.399 e. The number of fused-ring (bicyclic) bond motifs is 1. The van der Waals surface area contributed by atoms with Crippen LogP contribution in [-0.2, 0) is 6.42 Å². The fourth-order valence-electron chi connectivity index (χ4n) is 3.24. The van der Waals surface area contributed by atoms with Gasteiger partial charge in [0.1, 0.15) is 0 Å². The van der Waals surface area contributed by atoms with Gasteiger partial charge in [-0.05, 0) is 49.6 Å². The number of nitrogen functional groups attached to an aromatic ring is 1. The van der Waals surface area contributed by atoms with Gasteiger partial charge in [0.2, 0.25) is 0 Å². The van der Waals surface area contributed by atoms with Gasteiger partial charge in [0, 0.05) is 36.1 Å². The minimum atomic E-state index is -0.0602. The van der Waals surface area contributed by atoms with Crippen molar-refractivity contribution < 1.29 is 4.79 Å². The van der Waals surface area contributed by atoms with E-state index in [9.17, 15) is 4.79 Å². The second-order valence-corrected chi connectivity index (χ2v) is 6.21. The predicted octanol–water partition coefficient (Wildman–Crippen LogP) is 2.76. The van der Waals surface area contributed by atoms with Crippen LogP contribution in [0, 0.1) is 6.92 Å². The topological polar surface area (TPSA) is 58.4 Å². The Morgan fingerprint density at radius 1 is 1.30 bits per heavy atom. The maximum Gasteiger partial charge on any atom is 0.251 e. The lowest BCUT2D eigenvalue weighted by Crippen LogP contribution is -2.38. The maximum absolute atomic E-state index is 12.3. The first-order valence-corrected chi connectivity index (χ1v) is 8.05. The van der Waals surface area contributed by atoms with Crippen LogP contribution in [0.15, 0.2) is 42.5 Å². The van der Waals surface area contributed by atoms with Gasteiger partial charge in [0.15, 0.2) is 0 Å². The molecule has 0 aromatic heterocycles. The zero-order chi connectivity index (χ0) is 16.4. The molecular weight excluding hydrogens is 286 g/mol. The van der Waals surface area contributed by atoms with Crippen molar-refractivity contribution in [1.82, 2.24) is 5.32 Å². The Morgan fingerprint density at radius 3 is 2.91 bits per heavy atom. The van der Waals surface area contributed by atoms with Crippen molar-refractivity contribution in [3.05, 3.63) is 59.2 Å². The van der Waals surface area contributed by atoms with E-state index in [-0.39, 0.29) is 5.91 Å². The van der Waals surface area contributed by atoms with E-state index in [2.05, 4.69) is 41.4 Å². The van der Waals surface area contributed by atoms with Crippen LogP contribution in [0.5, 0.6) is 0 Å². The predicted molar refractivity (Wildman–Crippen MR) is 94.9 cm³/mol. The number of rotatable bonds is 4. The molecule has 1 atom stereocenters. The minimum Gasteiger partial charge on any atom is -0.399 e. The smallest absolute Gasteiger partial charge is 0.251 e. The molecule has 2 aromatic rings. The highest BCUT2D eigenvalue weighted by atomic mass is 16.1. The van der Waals surface area contributed by atoms with Crippen LogP contribution in [0.2, 0.25) is 0 Å². The van der Waals surface area contributed by atoms with Crippen molar-refractivity contribution in [1.29, 1.82) is 0 Å². The van der Waals surface area contributed by atoms with Crippen LogP contribution < -0.4 is 16.0 Å². The van der Waals surface area contributed by atoms with E-state index in [1.165, 1.54) is 11.3 Å². The highest BCUT2D eigenvalue weighted by Gasteiger charge is 2.24. The number of hydrogen-bond acceptors (Lipinski definition) is 3. The van der Waals surface area contributed by atoms with Crippen LogP contribution in [0.4, 0.5) is 11.4 Å². The number of benzene rings is 2. The third kappa shape index (κ3) is 3.16. The summed E-state index contributed by atoms with van der Waals surface area (Å²) in [7, 11) is 0. The number of hydrogen-bond donors (Lipinski definition) is 2. The molecule has 4 heteroatoms. The molecule has 120 valence electrons. The molecule has 4 nitrogen and oxygen atoms in total. The van der Waals surface area contributed by atoms with Crippen molar-refractivity contribution in [2.24, 2.45) is 0 Å². The van der Waals surface area contributed by atoms with Crippen molar-refractivity contribution in [3.8, 4) is 0 Å². The Kier molecular flexibility index (Phi) is 4.24. The Balaban J connectivity index is 1.61. The number of carbonyl (C=O) groups excluding carboxylic acids is 1. The van der Waals surface area contributed by atoms with Gasteiger partial charge in [-0.2, -0.15) is 0 Å². The molecule has 1 unspecified atom stereocenters. The van der Waals surface area contributed by atoms with Gasteiger partial charge in [-0.3, -0.25) is 4.79 Å². The summed E-state index contributed by atoms with van der Waals surface area (Å²) in [6.07, 6.45) is 1.07. The molecule has 2 aromatic carbocycles. The summed E-state index contributed by atoms with van der Waals surface area (Å²) >= 11 is 0. The van der Waals surface area contributed by atoms with Crippen molar-refractivity contribution in [2.75, 3.05) is 23.7 Å². The average molecular weight is 309 g/mol. The summed E-state index contributed by atoms with van der Waals surface area (Å²) in [5.74, 6) is -0.0602. The summed E-state index contributed by atoms with van der Waals surface area (Å²) in [5.41, 5.74) is 10.7. The molecule has 0 spiro atoms. The highest BCUT2D eigenvalue weighted by Crippen LogP contribution is 2.31. The van der Waals surface area contributed by atoms with Gasteiger partial charge in [-0.15, -0.1) is 0 Å². The standard InChI is InChI=1S/C19H23N3O/c1-13-7-8-16(20)12-17(13)19(23)21-9-10-22-14(2)11-15-5-3-4-6-18(15)22/h3-8,12,14H,9-11,20H2,1-2H3,(H,21,23). The first-order valence-electron chi connectivity index (χ1n) is 8.05. The number of nitrogens with two attached hydrogens (primary N) is 1. The Hall–Kier alpha value is -2.49. The van der Waals surface area contributed by atoms with E-state index in [1.807, 2.05) is 19.1 Å². The van der Waals surface area contributed by atoms with Crippen molar-refractivity contribution in [3.63, 3.8) is 0 Å². The van der Waals surface area contributed by atoms with Crippen LogP contribution in [-0.4, -0.2) is 25.0 Å². The Labute approximate surface area is 137 Å². The van der Waals surface area contributed by atoms with Crippen LogP contribution in [0.3, 0.4) is 0 Å². The molecular formula is C19H23N3O. The Morgan fingerprint density at radius 2 is 2.09 bits per heavy atom. The molecule has 0 aliphatic carbocycles. The lowest BCUT2D eigenvalue weighted by molar-refractivity contribution is 0.0954. The van der Waals surface area contributed by atoms with Gasteiger partial charge in [0.25, 0.3) is 5.91 Å². The summed E-state index contributed by atoms with van der Waals surface area (Å²) in [6, 6.07) is 14.4. The average Bonchev–Trinajstić information content (AvgIpc) is 2.85. The van der Waals surface area contributed by atoms with Crippen molar-refractivity contribution in [2.45, 2.75) is 26.3 Å². The summed E-state index contributed by atoms with van der Waals surface area (Å²) < 4.78 is 0. The zero-order valence-electron chi connectivity index (χ0n) is 13.7. The number of anilines is 2. The third-order valence-electron chi connectivity index (χ3n) is 4.49. The normalized spacial score (nSPS) is 16.3. The fourth-order valence-corrected chi connectivity index (χ4v) is 3.24. The molecule has 1 amide bonds. The monoisotopic (exact) mass is 309 g/mol. The lowest BCUT2D eigenvalue weighted by atomic mass is 10.1. The van der Waals surface area contributed by atoms with Gasteiger partial charge < -0.3 is 16.0 Å². The number of nitrogens with one attached hydrogen (secondary N) is 1. The third-order valence-corrected chi connectivity index (χ3v) is 4.49. The first-order chi connectivity index (χ1) is 11.1. The molecule has 1 aliphatic heterocycles. The number of carbonyl (C=O) groups is 1. The lowest BCUT2D eigenvalue weighted by Gasteiger charge is -2.25. The van der Waals surface area contributed by atoms with E-state index in [4.69, 9.17) is 5.73 Å². The quantitative estimate of drug-likeness (QED) is 0.854. The molecule has 3 rings (SSSR count). The molecule has 0 radical (unpaired) electrons. The molecule has 0 fully saturated rings. The molecule has 3 N–H and O–H groups in total. The molecule has 0 saturated heterocycles. The van der Waals surface area contributed by atoms with Crippen molar-refractivity contribution >= 4 is 17.3 Å². The minimum absolute atomic E-state index is 0.0602. The molecule has 1 heterocycles. The number of amides is 1. The SMILES string of the molecule is Cc1ccc(N)cc1C(=O)NCCN1c2ccccc2CC1C. The van der Waals surface area contributed by atoms with Gasteiger partial charge in [-0.25, -0.2) is 0 Å². The first kappa shape index (κ1) is 15.4. The molecule has 0 saturated carbocycles. The molecule has 0 bridgehead atoms. The van der Waals surface area contributed by atoms with Crippen LogP contribution >= 0.6 is 0 Å². The van der Waals surface area contributed by atoms with Gasteiger partial charge in [0.05, 0.1) is 0 Å². The van der Waals surface area contributed by atoms with E-state index >= 15 is 0 Å². The Bertz CT molecular complexity index is 726. The number of nitrogens with zero attached hydrogens (tertiary/aromatic N) is 1. The maximum atomic E-state index is 12.3. The van der Waals surface area contributed by atoms with E-state index in [0.717, 1.165) is 18.5 Å². The van der Waals surface area contributed by atoms with Crippen LogP contribution in [0.1, 0.15) is 28.4 Å².